The van der Waals surface area contributed by atoms with Gasteiger partial charge in [0.1, 0.15) is 0 Å². The van der Waals surface area contributed by atoms with E-state index in [1.165, 1.54) is 25.3 Å². The van der Waals surface area contributed by atoms with Crippen molar-refractivity contribution in [2.24, 2.45) is 5.73 Å². The number of hydrogen-bond donors (Lipinski definition) is 2. The number of carbonyl (C=O) groups is 1. The molecule has 80 valence electrons. The zero-order valence-corrected chi connectivity index (χ0v) is 8.78. The molecule has 0 aliphatic carbocycles. The van der Waals surface area contributed by atoms with Crippen molar-refractivity contribution >= 4 is 23.6 Å². The van der Waals surface area contributed by atoms with Crippen LogP contribution in [0, 0.1) is 0 Å². The summed E-state index contributed by atoms with van der Waals surface area (Å²) in [6, 6.07) is 2.97. The molecule has 0 radical (unpaired) electrons. The average molecular weight is 228 g/mol. The second-order valence-electron chi connectivity index (χ2n) is 2.78. The summed E-state index contributed by atoms with van der Waals surface area (Å²) in [7, 11) is 1.41. The highest BCUT2D eigenvalue weighted by molar-refractivity contribution is 6.31. The minimum absolute atomic E-state index is 0.0839. The largest absolute Gasteiger partial charge is 0.504 e. The maximum absolute atomic E-state index is 10.5. The second kappa shape index (κ2) is 4.70. The number of halogens is 1. The van der Waals surface area contributed by atoms with Gasteiger partial charge in [-0.1, -0.05) is 11.6 Å². The summed E-state index contributed by atoms with van der Waals surface area (Å²) in [5.41, 5.74) is 5.30. The Labute approximate surface area is 91.9 Å². The van der Waals surface area contributed by atoms with Crippen LogP contribution in [-0.4, -0.2) is 18.1 Å². The van der Waals surface area contributed by atoms with E-state index < -0.39 is 5.91 Å². The number of phenols is 1. The van der Waals surface area contributed by atoms with Gasteiger partial charge in [0.25, 0.3) is 0 Å². The Morgan fingerprint density at radius 2 is 2.27 bits per heavy atom. The number of carbonyl (C=O) groups excluding carboxylic acids is 1. The minimum atomic E-state index is -0.603. The zero-order valence-electron chi connectivity index (χ0n) is 8.03. The summed E-state index contributed by atoms with van der Waals surface area (Å²) in [6.07, 6.45) is 2.50. The maximum Gasteiger partial charge on any atom is 0.241 e. The molecule has 0 aliphatic heterocycles. The van der Waals surface area contributed by atoms with Crippen molar-refractivity contribution in [3.63, 3.8) is 0 Å². The maximum atomic E-state index is 10.5. The van der Waals surface area contributed by atoms with Gasteiger partial charge >= 0.3 is 0 Å². The second-order valence-corrected chi connectivity index (χ2v) is 3.22. The van der Waals surface area contributed by atoms with Crippen LogP contribution in [0.15, 0.2) is 18.2 Å². The summed E-state index contributed by atoms with van der Waals surface area (Å²) < 4.78 is 4.89. The van der Waals surface area contributed by atoms with Crippen molar-refractivity contribution in [1.29, 1.82) is 0 Å². The number of nitrogens with two attached hydrogens (primary N) is 1. The van der Waals surface area contributed by atoms with Crippen molar-refractivity contribution in [1.82, 2.24) is 0 Å². The van der Waals surface area contributed by atoms with Gasteiger partial charge in [-0.15, -0.1) is 0 Å². The van der Waals surface area contributed by atoms with Crippen LogP contribution in [0.4, 0.5) is 0 Å². The predicted octanol–water partition coefficient (Wildman–Crippen LogP) is 1.55. The van der Waals surface area contributed by atoms with Crippen LogP contribution in [-0.2, 0) is 4.79 Å². The molecular weight excluding hydrogens is 218 g/mol. The van der Waals surface area contributed by atoms with Gasteiger partial charge in [0.15, 0.2) is 11.5 Å². The van der Waals surface area contributed by atoms with Crippen LogP contribution in [0.2, 0.25) is 5.02 Å². The monoisotopic (exact) mass is 227 g/mol. The Kier molecular flexibility index (Phi) is 3.57. The lowest BCUT2D eigenvalue weighted by Crippen LogP contribution is -2.05. The quantitative estimate of drug-likeness (QED) is 0.770. The van der Waals surface area contributed by atoms with Crippen molar-refractivity contribution in [3.8, 4) is 11.5 Å². The number of aromatic hydroxyl groups is 1. The molecule has 3 N–H and O–H groups in total. The van der Waals surface area contributed by atoms with Gasteiger partial charge in [-0.2, -0.15) is 0 Å². The minimum Gasteiger partial charge on any atom is -0.504 e. The first-order valence-electron chi connectivity index (χ1n) is 4.08. The summed E-state index contributed by atoms with van der Waals surface area (Å²) in [5.74, 6) is -0.445. The van der Waals surface area contributed by atoms with E-state index in [1.807, 2.05) is 0 Å². The molecular formula is C10H10ClNO3. The van der Waals surface area contributed by atoms with Crippen molar-refractivity contribution < 1.29 is 14.6 Å². The van der Waals surface area contributed by atoms with Crippen LogP contribution in [0.25, 0.3) is 6.08 Å². The van der Waals surface area contributed by atoms with E-state index >= 15 is 0 Å². The number of rotatable bonds is 3. The zero-order chi connectivity index (χ0) is 11.4. The lowest BCUT2D eigenvalue weighted by molar-refractivity contribution is -0.113. The van der Waals surface area contributed by atoms with Gasteiger partial charge in [-0.25, -0.2) is 0 Å². The van der Waals surface area contributed by atoms with E-state index in [0.717, 1.165) is 6.08 Å². The first kappa shape index (κ1) is 11.4. The Bertz CT molecular complexity index is 415. The third kappa shape index (κ3) is 2.89. The molecule has 0 saturated carbocycles. The fourth-order valence-corrected chi connectivity index (χ4v) is 1.27. The molecule has 1 amide bonds. The number of benzene rings is 1. The number of primary amides is 1. The Morgan fingerprint density at radius 3 is 2.80 bits per heavy atom. The smallest absolute Gasteiger partial charge is 0.241 e. The number of methoxy groups -OCH3 is 1. The summed E-state index contributed by atoms with van der Waals surface area (Å²) in [5, 5.41) is 10.0. The average Bonchev–Trinajstić information content (AvgIpc) is 2.18. The number of ether oxygens (including phenoxy) is 1. The van der Waals surface area contributed by atoms with Crippen molar-refractivity contribution in [2.75, 3.05) is 7.11 Å². The predicted molar refractivity (Wildman–Crippen MR) is 57.9 cm³/mol. The molecule has 5 heteroatoms. The molecule has 0 aliphatic rings. The van der Waals surface area contributed by atoms with Crippen LogP contribution in [0.5, 0.6) is 11.5 Å². The molecule has 0 saturated heterocycles. The van der Waals surface area contributed by atoms with Crippen LogP contribution in [0.3, 0.4) is 0 Å². The Morgan fingerprint density at radius 1 is 1.60 bits per heavy atom. The first-order valence-corrected chi connectivity index (χ1v) is 4.46. The number of phenolic OH excluding ortho intramolecular Hbond substituents is 1. The third-order valence-corrected chi connectivity index (χ3v) is 1.93. The number of hydrogen-bond acceptors (Lipinski definition) is 3. The molecule has 0 fully saturated rings. The van der Waals surface area contributed by atoms with E-state index in [4.69, 9.17) is 22.1 Å². The normalized spacial score (nSPS) is 10.5. The highest BCUT2D eigenvalue weighted by Crippen LogP contribution is 2.33. The Hall–Kier alpha value is -1.68. The first-order chi connectivity index (χ1) is 7.04. The molecule has 0 heterocycles. The van der Waals surface area contributed by atoms with Crippen molar-refractivity contribution in [3.05, 3.63) is 28.8 Å². The van der Waals surface area contributed by atoms with Gasteiger partial charge in [0.2, 0.25) is 5.91 Å². The standard InChI is InChI=1S/C10H10ClNO3/c1-15-8-5-7(11)4-6(10(8)14)2-3-9(12)13/h2-5,14H,1H3,(H2,12,13)/b3-2-. The van der Waals surface area contributed by atoms with E-state index in [2.05, 4.69) is 0 Å². The van der Waals surface area contributed by atoms with E-state index in [-0.39, 0.29) is 11.5 Å². The SMILES string of the molecule is COc1cc(Cl)cc(/C=C\C(N)=O)c1O. The van der Waals surface area contributed by atoms with Crippen LogP contribution >= 0.6 is 11.6 Å². The van der Waals surface area contributed by atoms with E-state index in [0.29, 0.717) is 10.6 Å². The lowest BCUT2D eigenvalue weighted by Gasteiger charge is -2.06. The molecule has 1 aromatic rings. The Balaban J connectivity index is 3.17. The molecule has 0 atom stereocenters. The van der Waals surface area contributed by atoms with Gasteiger partial charge < -0.3 is 15.6 Å². The van der Waals surface area contributed by atoms with E-state index in [1.54, 1.807) is 0 Å². The fraction of sp³-hybridized carbons (Fsp3) is 0.100. The molecule has 0 unspecified atom stereocenters. The molecule has 0 aromatic heterocycles. The highest BCUT2D eigenvalue weighted by Gasteiger charge is 2.07. The molecule has 4 nitrogen and oxygen atoms in total. The van der Waals surface area contributed by atoms with Crippen molar-refractivity contribution in [2.45, 2.75) is 0 Å². The lowest BCUT2D eigenvalue weighted by atomic mass is 10.1. The summed E-state index contributed by atoms with van der Waals surface area (Å²) in [4.78, 5) is 10.5. The van der Waals surface area contributed by atoms with Gasteiger partial charge in [0.05, 0.1) is 7.11 Å². The molecule has 0 spiro atoms. The topological polar surface area (TPSA) is 72.5 Å². The third-order valence-electron chi connectivity index (χ3n) is 1.72. The summed E-state index contributed by atoms with van der Waals surface area (Å²) >= 11 is 5.77. The van der Waals surface area contributed by atoms with E-state index in [9.17, 15) is 9.90 Å². The molecule has 1 aromatic carbocycles. The molecule has 1 rings (SSSR count). The highest BCUT2D eigenvalue weighted by atomic mass is 35.5. The van der Waals surface area contributed by atoms with Gasteiger partial charge in [0, 0.05) is 22.7 Å². The van der Waals surface area contributed by atoms with Crippen LogP contribution < -0.4 is 10.5 Å². The fourth-order valence-electron chi connectivity index (χ4n) is 1.05. The summed E-state index contributed by atoms with van der Waals surface area (Å²) in [6.45, 7) is 0. The van der Waals surface area contributed by atoms with Crippen LogP contribution in [0.1, 0.15) is 5.56 Å². The molecule has 15 heavy (non-hydrogen) atoms. The van der Waals surface area contributed by atoms with Gasteiger partial charge in [-0.05, 0) is 12.1 Å². The van der Waals surface area contributed by atoms with Gasteiger partial charge in [-0.3, -0.25) is 4.79 Å². The molecule has 0 bridgehead atoms. The number of amides is 1.